The largest absolute Gasteiger partial charge is 0.340 e. The summed E-state index contributed by atoms with van der Waals surface area (Å²) in [5.74, 6) is 0.169. The standard InChI is InChI=1S/C7H14N2O3S.C3H8.C2H6.CH2O/c1-8-6-7(10)9-2-4-13(11,12)5-3-9;1-3-2;2*1-2/h8H,2-6H2,1H3;3H2,1-2H3;1-2H3;1H2. The molecule has 122 valence electrons. The van der Waals surface area contributed by atoms with Gasteiger partial charge in [0, 0.05) is 13.1 Å². The van der Waals surface area contributed by atoms with Crippen molar-refractivity contribution in [2.75, 3.05) is 38.2 Å². The van der Waals surface area contributed by atoms with Crippen LogP contribution in [0.4, 0.5) is 0 Å². The van der Waals surface area contributed by atoms with Gasteiger partial charge in [-0.1, -0.05) is 34.1 Å². The molecule has 1 saturated heterocycles. The first kappa shape index (κ1) is 24.1. The molecule has 1 aliphatic rings. The fourth-order valence-corrected chi connectivity index (χ4v) is 2.43. The first-order valence-electron chi connectivity index (χ1n) is 6.88. The lowest BCUT2D eigenvalue weighted by Crippen LogP contribution is -2.46. The summed E-state index contributed by atoms with van der Waals surface area (Å²) in [7, 11) is -1.19. The Labute approximate surface area is 123 Å². The van der Waals surface area contributed by atoms with Gasteiger partial charge in [0.25, 0.3) is 0 Å². The molecule has 1 heterocycles. The Morgan fingerprint density at radius 1 is 1.15 bits per heavy atom. The molecule has 0 aliphatic carbocycles. The van der Waals surface area contributed by atoms with Gasteiger partial charge in [-0.15, -0.1) is 0 Å². The second kappa shape index (κ2) is 16.1. The number of likely N-dealkylation sites (N-methyl/N-ethyl adjacent to an activating group) is 1. The molecule has 0 aromatic carbocycles. The molecule has 1 fully saturated rings. The zero-order valence-electron chi connectivity index (χ0n) is 13.4. The average molecular weight is 310 g/mol. The van der Waals surface area contributed by atoms with Crippen molar-refractivity contribution in [3.05, 3.63) is 0 Å². The molecule has 0 bridgehead atoms. The summed E-state index contributed by atoms with van der Waals surface area (Å²) >= 11 is 0. The maximum Gasteiger partial charge on any atom is 0.236 e. The second-order valence-corrected chi connectivity index (χ2v) is 6.07. The van der Waals surface area contributed by atoms with E-state index in [9.17, 15) is 13.2 Å². The molecule has 1 amide bonds. The summed E-state index contributed by atoms with van der Waals surface area (Å²) < 4.78 is 22.0. The molecule has 20 heavy (non-hydrogen) atoms. The normalized spacial score (nSPS) is 15.3. The van der Waals surface area contributed by atoms with Crippen LogP contribution in [-0.4, -0.2) is 64.2 Å². The van der Waals surface area contributed by atoms with Crippen molar-refractivity contribution in [1.29, 1.82) is 0 Å². The van der Waals surface area contributed by atoms with E-state index in [1.54, 1.807) is 11.9 Å². The fraction of sp³-hybridized carbons (Fsp3) is 0.846. The van der Waals surface area contributed by atoms with Gasteiger partial charge in [0.1, 0.15) is 6.79 Å². The van der Waals surface area contributed by atoms with Gasteiger partial charge in [-0.3, -0.25) is 4.79 Å². The molecule has 0 atom stereocenters. The van der Waals surface area contributed by atoms with Crippen molar-refractivity contribution in [2.45, 2.75) is 34.1 Å². The molecule has 1 aliphatic heterocycles. The minimum atomic E-state index is -2.88. The molecule has 7 heteroatoms. The number of nitrogens with zero attached hydrogens (tertiary/aromatic N) is 1. The third-order valence-corrected chi connectivity index (χ3v) is 3.63. The molecule has 0 radical (unpaired) electrons. The van der Waals surface area contributed by atoms with Crippen LogP contribution in [0.2, 0.25) is 0 Å². The number of nitrogens with one attached hydrogen (secondary N) is 1. The number of rotatable bonds is 2. The summed E-state index contributed by atoms with van der Waals surface area (Å²) in [5.41, 5.74) is 0. The minimum absolute atomic E-state index is 0.0302. The van der Waals surface area contributed by atoms with E-state index in [-0.39, 0.29) is 24.0 Å². The summed E-state index contributed by atoms with van der Waals surface area (Å²) in [4.78, 5) is 20.9. The highest BCUT2D eigenvalue weighted by molar-refractivity contribution is 7.91. The summed E-state index contributed by atoms with van der Waals surface area (Å²) in [6.45, 7) is 11.2. The highest BCUT2D eigenvalue weighted by atomic mass is 32.2. The van der Waals surface area contributed by atoms with E-state index in [1.807, 2.05) is 20.6 Å². The van der Waals surface area contributed by atoms with Crippen LogP contribution in [-0.2, 0) is 19.4 Å². The number of hydrogen-bond donors (Lipinski definition) is 1. The highest BCUT2D eigenvalue weighted by Crippen LogP contribution is 2.03. The number of amides is 1. The Hall–Kier alpha value is -0.950. The Balaban J connectivity index is -0.000000355. The SMILES string of the molecule is C=O.CC.CCC.CNCC(=O)N1CCS(=O)(=O)CC1. The van der Waals surface area contributed by atoms with Crippen molar-refractivity contribution >= 4 is 22.5 Å². The fourth-order valence-electron chi connectivity index (χ4n) is 1.22. The summed E-state index contributed by atoms with van der Waals surface area (Å²) in [6.07, 6.45) is 1.25. The molecule has 6 nitrogen and oxygen atoms in total. The van der Waals surface area contributed by atoms with Gasteiger partial charge in [0.2, 0.25) is 5.91 Å². The molecule has 0 unspecified atom stereocenters. The minimum Gasteiger partial charge on any atom is -0.340 e. The first-order valence-corrected chi connectivity index (χ1v) is 8.70. The Morgan fingerprint density at radius 2 is 1.50 bits per heavy atom. The van der Waals surface area contributed by atoms with Crippen LogP contribution in [0.25, 0.3) is 0 Å². The lowest BCUT2D eigenvalue weighted by molar-refractivity contribution is -0.129. The summed E-state index contributed by atoms with van der Waals surface area (Å²) in [5, 5.41) is 2.74. The van der Waals surface area contributed by atoms with Gasteiger partial charge in [-0.2, -0.15) is 0 Å². The third-order valence-electron chi connectivity index (χ3n) is 2.03. The van der Waals surface area contributed by atoms with E-state index in [1.165, 1.54) is 6.42 Å². The van der Waals surface area contributed by atoms with Crippen molar-refractivity contribution in [2.24, 2.45) is 0 Å². The van der Waals surface area contributed by atoms with E-state index in [4.69, 9.17) is 4.79 Å². The van der Waals surface area contributed by atoms with Crippen molar-refractivity contribution in [1.82, 2.24) is 10.2 Å². The zero-order valence-corrected chi connectivity index (χ0v) is 14.3. The van der Waals surface area contributed by atoms with Gasteiger partial charge >= 0.3 is 0 Å². The monoisotopic (exact) mass is 310 g/mol. The van der Waals surface area contributed by atoms with Crippen LogP contribution < -0.4 is 5.32 Å². The maximum atomic E-state index is 11.3. The number of carbonyl (C=O) groups excluding carboxylic acids is 2. The van der Waals surface area contributed by atoms with Crippen LogP contribution in [0.1, 0.15) is 34.1 Å². The van der Waals surface area contributed by atoms with Crippen molar-refractivity contribution in [3.8, 4) is 0 Å². The molecule has 1 N–H and O–H groups in total. The van der Waals surface area contributed by atoms with Gasteiger partial charge < -0.3 is 15.0 Å². The molecule has 0 aromatic heterocycles. The zero-order chi connectivity index (χ0) is 16.6. The van der Waals surface area contributed by atoms with Crippen LogP contribution in [0.3, 0.4) is 0 Å². The second-order valence-electron chi connectivity index (χ2n) is 3.77. The van der Waals surface area contributed by atoms with E-state index >= 15 is 0 Å². The molecule has 0 aromatic rings. The average Bonchev–Trinajstić information content (AvgIpc) is 2.44. The van der Waals surface area contributed by atoms with E-state index < -0.39 is 9.84 Å². The molecular formula is C13H30N2O4S. The molecule has 0 spiro atoms. The predicted octanol–water partition coefficient (Wildman–Crippen LogP) is 0.720. The van der Waals surface area contributed by atoms with Crippen LogP contribution >= 0.6 is 0 Å². The molecule has 1 rings (SSSR count). The maximum absolute atomic E-state index is 11.3. The van der Waals surface area contributed by atoms with E-state index in [2.05, 4.69) is 19.2 Å². The quantitative estimate of drug-likeness (QED) is 0.812. The van der Waals surface area contributed by atoms with Crippen molar-refractivity contribution < 1.29 is 18.0 Å². The summed E-state index contributed by atoms with van der Waals surface area (Å²) in [6, 6.07) is 0. The number of sulfone groups is 1. The lowest BCUT2D eigenvalue weighted by atomic mass is 10.4. The Morgan fingerprint density at radius 3 is 1.80 bits per heavy atom. The highest BCUT2D eigenvalue weighted by Gasteiger charge is 2.24. The van der Waals surface area contributed by atoms with Crippen LogP contribution in [0.15, 0.2) is 0 Å². The van der Waals surface area contributed by atoms with Crippen LogP contribution in [0, 0.1) is 0 Å². The lowest BCUT2D eigenvalue weighted by Gasteiger charge is -2.26. The van der Waals surface area contributed by atoms with Gasteiger partial charge in [-0.05, 0) is 7.05 Å². The number of carbonyl (C=O) groups is 2. The van der Waals surface area contributed by atoms with E-state index in [0.29, 0.717) is 13.1 Å². The topological polar surface area (TPSA) is 83.6 Å². The van der Waals surface area contributed by atoms with Gasteiger partial charge in [0.15, 0.2) is 9.84 Å². The molecule has 0 saturated carbocycles. The van der Waals surface area contributed by atoms with Crippen molar-refractivity contribution in [3.63, 3.8) is 0 Å². The first-order chi connectivity index (χ1) is 9.46. The third kappa shape index (κ3) is 13.5. The predicted molar refractivity (Wildman–Crippen MR) is 83.6 cm³/mol. The smallest absolute Gasteiger partial charge is 0.236 e. The van der Waals surface area contributed by atoms with E-state index in [0.717, 1.165) is 0 Å². The Kier molecular flexibility index (Phi) is 19.4. The molecular weight excluding hydrogens is 280 g/mol. The van der Waals surface area contributed by atoms with Gasteiger partial charge in [0.05, 0.1) is 18.1 Å². The Bertz CT molecular complexity index is 304. The van der Waals surface area contributed by atoms with Crippen LogP contribution in [0.5, 0.6) is 0 Å². The number of hydrogen-bond acceptors (Lipinski definition) is 5. The van der Waals surface area contributed by atoms with Gasteiger partial charge in [-0.25, -0.2) is 8.42 Å².